The molecule has 0 saturated carbocycles. The lowest BCUT2D eigenvalue weighted by atomic mass is 9.93. The quantitative estimate of drug-likeness (QED) is 0.0958. The molecule has 17 aromatic carbocycles. The molecule has 6 heterocycles. The summed E-state index contributed by atoms with van der Waals surface area (Å²) in [5, 5.41) is 6.77. The van der Waals surface area contributed by atoms with Gasteiger partial charge in [-0.2, -0.15) is 0 Å². The van der Waals surface area contributed by atoms with E-state index >= 15 is 0 Å². The van der Waals surface area contributed by atoms with E-state index in [1.165, 1.54) is 16.5 Å². The van der Waals surface area contributed by atoms with Gasteiger partial charge in [-0.25, -0.2) is 29.9 Å². The fourth-order valence-corrected chi connectivity index (χ4v) is 18.0. The molecule has 0 spiro atoms. The number of para-hydroxylation sites is 5. The maximum atomic E-state index is 5.53. The number of benzene rings is 17. The van der Waals surface area contributed by atoms with E-state index in [-0.39, 0.29) is 0 Å². The maximum Gasteiger partial charge on any atom is 0.160 e. The van der Waals surface area contributed by atoms with Gasteiger partial charge in [-0.15, -0.1) is 0 Å². The van der Waals surface area contributed by atoms with E-state index in [1.54, 1.807) is 0 Å². The first-order chi connectivity index (χ1) is 61.4. The SMILES string of the molecule is c1ccc(-c2ccc(-c3cc(-c4ccc(-c5ccc(-c6nc7ccccc7c7c6c6ccccc6n7-c6ccc(-c7ccccc7-c7ccc(-c8cc(-c9ccc(-c%10ccc(-c%11nc%12ccccc%12c%12c%11c%11ccccc%11n%12-c%11ccccc%11)cc%10)cc9)nc(-c9ccccc9)n8)cc7)cc6)cc5)cc4)nc(-c4ccc(-c5ccccc5)cc4)n3)cc2)cc1. The zero-order chi connectivity index (χ0) is 82.0. The zero-order valence-electron chi connectivity index (χ0n) is 67.3. The highest BCUT2D eigenvalue weighted by Gasteiger charge is 2.25. The van der Waals surface area contributed by atoms with Crippen molar-refractivity contribution in [3.05, 3.63) is 449 Å². The van der Waals surface area contributed by atoms with E-state index < -0.39 is 0 Å². The summed E-state index contributed by atoms with van der Waals surface area (Å²) < 4.78 is 4.82. The topological polar surface area (TPSA) is 87.2 Å². The minimum atomic E-state index is 0.666. The van der Waals surface area contributed by atoms with E-state index in [9.17, 15) is 0 Å². The molecule has 0 atom stereocenters. The molecule has 0 N–H and O–H groups in total. The standard InChI is InChI=1S/C116H74N8/c1-5-23-75(24-6-1)77-41-55-85(56-42-77)104-74-105(122-116(121-104)92-67-51-78(52-68-92)76-25-7-2-8-26-76)87-59-45-80(46-60-87)82-49-65-90(66-50-82)112-110-100-36-18-22-40-108(100)124(114(110)98-34-16-20-38-102(98)118-112)94-71-69-84(70-72-94)96-32-14-13-31-95(96)83-53-61-88(62-54-83)106-73-103(119-115(120-106)91-27-9-3-10-28-91)86-57-43-79(44-58-86)81-47-63-89(64-48-81)111-109-99-35-17-21-39-107(99)123(93-29-11-4-12-30-93)113(109)97-33-15-19-37-101(97)117-111/h1-74H. The fraction of sp³-hybridized carbons (Fsp3) is 0. The molecule has 0 fully saturated rings. The Kier molecular flexibility index (Phi) is 18.1. The average Bonchev–Trinajstić information content (AvgIpc) is 1.56. The first kappa shape index (κ1) is 72.5. The molecule has 8 heteroatoms. The molecule has 0 saturated heterocycles. The lowest BCUT2D eigenvalue weighted by Gasteiger charge is -2.14. The first-order valence-electron chi connectivity index (χ1n) is 42.0. The van der Waals surface area contributed by atoms with Crippen LogP contribution in [0.1, 0.15) is 0 Å². The molecule has 0 bridgehead atoms. The van der Waals surface area contributed by atoms with Crippen molar-refractivity contribution >= 4 is 65.4 Å². The molecular formula is C116H74N8. The first-order valence-corrected chi connectivity index (χ1v) is 42.0. The number of fused-ring (bicyclic) bond motifs is 10. The van der Waals surface area contributed by atoms with Gasteiger partial charge in [0.1, 0.15) is 0 Å². The van der Waals surface area contributed by atoms with Crippen LogP contribution in [0.15, 0.2) is 449 Å². The van der Waals surface area contributed by atoms with Gasteiger partial charge in [-0.3, -0.25) is 0 Å². The summed E-state index contributed by atoms with van der Waals surface area (Å²) in [6.07, 6.45) is 0. The minimum Gasteiger partial charge on any atom is -0.308 e. The van der Waals surface area contributed by atoms with Crippen LogP contribution in [0, 0.1) is 0 Å². The summed E-state index contributed by atoms with van der Waals surface area (Å²) in [6, 6.07) is 160. The third-order valence-electron chi connectivity index (χ3n) is 24.2. The van der Waals surface area contributed by atoms with E-state index in [0.29, 0.717) is 11.6 Å². The number of aromatic nitrogens is 8. The van der Waals surface area contributed by atoms with Crippen LogP contribution in [-0.4, -0.2) is 39.0 Å². The number of rotatable bonds is 16. The van der Waals surface area contributed by atoms with Crippen LogP contribution >= 0.6 is 0 Å². The second-order valence-electron chi connectivity index (χ2n) is 31.6. The van der Waals surface area contributed by atoms with Crippen LogP contribution in [0.25, 0.3) is 234 Å². The summed E-state index contributed by atoms with van der Waals surface area (Å²) in [4.78, 5) is 31.9. The second-order valence-corrected chi connectivity index (χ2v) is 31.6. The molecule has 0 aliphatic heterocycles. The van der Waals surface area contributed by atoms with Crippen LogP contribution in [0.5, 0.6) is 0 Å². The van der Waals surface area contributed by atoms with Crippen molar-refractivity contribution in [2.75, 3.05) is 0 Å². The van der Waals surface area contributed by atoms with Crippen molar-refractivity contribution in [2.24, 2.45) is 0 Å². The predicted octanol–water partition coefficient (Wildman–Crippen LogP) is 29.9. The number of nitrogens with zero attached hydrogens (tertiary/aromatic N) is 8. The lowest BCUT2D eigenvalue weighted by Crippen LogP contribution is -1.96. The monoisotopic (exact) mass is 1580 g/mol. The Balaban J connectivity index is 0.524. The van der Waals surface area contributed by atoms with Gasteiger partial charge in [0.05, 0.1) is 67.3 Å². The van der Waals surface area contributed by atoms with Crippen LogP contribution in [-0.2, 0) is 0 Å². The third kappa shape index (κ3) is 13.2. The van der Waals surface area contributed by atoms with Gasteiger partial charge in [0.15, 0.2) is 11.6 Å². The Morgan fingerprint density at radius 3 is 0.766 bits per heavy atom. The summed E-state index contributed by atoms with van der Waals surface area (Å²) in [7, 11) is 0. The maximum absolute atomic E-state index is 5.53. The minimum absolute atomic E-state index is 0.666. The smallest absolute Gasteiger partial charge is 0.160 e. The molecule has 8 nitrogen and oxygen atoms in total. The van der Waals surface area contributed by atoms with Crippen molar-refractivity contribution in [1.29, 1.82) is 0 Å². The van der Waals surface area contributed by atoms with Gasteiger partial charge in [0, 0.05) is 88.2 Å². The highest BCUT2D eigenvalue weighted by atomic mass is 15.0. The summed E-state index contributed by atoms with van der Waals surface area (Å²) in [6.45, 7) is 0. The molecule has 0 radical (unpaired) electrons. The van der Waals surface area contributed by atoms with Crippen LogP contribution in [0.3, 0.4) is 0 Å². The van der Waals surface area contributed by atoms with Crippen molar-refractivity contribution in [3.8, 4) is 168 Å². The predicted molar refractivity (Wildman–Crippen MR) is 513 cm³/mol. The van der Waals surface area contributed by atoms with E-state index in [0.717, 1.165) is 206 Å². The Hall–Kier alpha value is -16.7. The van der Waals surface area contributed by atoms with E-state index in [4.69, 9.17) is 29.9 Å². The van der Waals surface area contributed by atoms with E-state index in [2.05, 4.69) is 428 Å². The van der Waals surface area contributed by atoms with Gasteiger partial charge in [-0.1, -0.05) is 388 Å². The summed E-state index contributed by atoms with van der Waals surface area (Å²) >= 11 is 0. The molecule has 0 unspecified atom stereocenters. The average molecular weight is 1580 g/mol. The highest BCUT2D eigenvalue weighted by Crippen LogP contribution is 2.46. The number of hydrogen-bond donors (Lipinski definition) is 0. The fourth-order valence-electron chi connectivity index (χ4n) is 18.0. The van der Waals surface area contributed by atoms with Crippen molar-refractivity contribution < 1.29 is 0 Å². The molecule has 0 amide bonds. The summed E-state index contributed by atoms with van der Waals surface area (Å²) in [5.74, 6) is 1.34. The zero-order valence-corrected chi connectivity index (χ0v) is 67.3. The van der Waals surface area contributed by atoms with Crippen molar-refractivity contribution in [2.45, 2.75) is 0 Å². The Morgan fingerprint density at radius 2 is 0.403 bits per heavy atom. The molecule has 578 valence electrons. The van der Waals surface area contributed by atoms with Crippen LogP contribution in [0.2, 0.25) is 0 Å². The van der Waals surface area contributed by atoms with Crippen LogP contribution < -0.4 is 0 Å². The van der Waals surface area contributed by atoms with Gasteiger partial charge in [0.2, 0.25) is 0 Å². The molecule has 124 heavy (non-hydrogen) atoms. The molecule has 6 aromatic heterocycles. The highest BCUT2D eigenvalue weighted by molar-refractivity contribution is 6.24. The molecule has 23 rings (SSSR count). The molecule has 23 aromatic rings. The molecule has 0 aliphatic carbocycles. The van der Waals surface area contributed by atoms with Crippen LogP contribution in [0.4, 0.5) is 0 Å². The largest absolute Gasteiger partial charge is 0.308 e. The van der Waals surface area contributed by atoms with Gasteiger partial charge >= 0.3 is 0 Å². The lowest BCUT2D eigenvalue weighted by molar-refractivity contribution is 1.18. The second kappa shape index (κ2) is 30.9. The van der Waals surface area contributed by atoms with Crippen molar-refractivity contribution in [1.82, 2.24) is 39.0 Å². The van der Waals surface area contributed by atoms with Crippen molar-refractivity contribution in [3.63, 3.8) is 0 Å². The van der Waals surface area contributed by atoms with Gasteiger partial charge < -0.3 is 9.13 Å². The Labute approximate surface area is 717 Å². The van der Waals surface area contributed by atoms with Gasteiger partial charge in [-0.05, 0) is 127 Å². The van der Waals surface area contributed by atoms with Gasteiger partial charge in [0.25, 0.3) is 0 Å². The molecular weight excluding hydrogens is 1510 g/mol. The summed E-state index contributed by atoms with van der Waals surface area (Å²) in [5.41, 5.74) is 35.5. The number of pyridine rings is 2. The molecule has 0 aliphatic rings. The normalized spacial score (nSPS) is 11.5. The van der Waals surface area contributed by atoms with E-state index in [1.807, 2.05) is 30.3 Å². The Morgan fingerprint density at radius 1 is 0.161 bits per heavy atom. The third-order valence-corrected chi connectivity index (χ3v) is 24.2. The Bertz CT molecular complexity index is 7870. The number of hydrogen-bond acceptors (Lipinski definition) is 6.